The van der Waals surface area contributed by atoms with E-state index in [4.69, 9.17) is 20.9 Å². The number of carbonyl (C=O) groups excluding carboxylic acids is 1. The number of fused-ring (bicyclic) bond motifs is 1. The Bertz CT molecular complexity index is 1680. The number of rotatable bonds is 6. The molecule has 1 saturated heterocycles. The van der Waals surface area contributed by atoms with Crippen LogP contribution in [0.1, 0.15) is 24.3 Å². The minimum Gasteiger partial charge on any atom is -0.481 e. The van der Waals surface area contributed by atoms with E-state index < -0.39 is 33.6 Å². The molecule has 1 unspecified atom stereocenters. The van der Waals surface area contributed by atoms with Crippen LogP contribution in [-0.2, 0) is 19.6 Å². The number of sulfonamides is 1. The average molecular weight is 568 g/mol. The normalized spacial score (nSPS) is 18.3. The summed E-state index contributed by atoms with van der Waals surface area (Å²) in [5, 5.41) is 16.7. The van der Waals surface area contributed by atoms with Crippen LogP contribution in [0.4, 0.5) is 10.5 Å². The van der Waals surface area contributed by atoms with Crippen molar-refractivity contribution >= 4 is 39.4 Å². The highest BCUT2D eigenvalue weighted by molar-refractivity contribution is 7.88. The number of anilines is 1. The third kappa shape index (κ3) is 5.14. The molecule has 1 aliphatic heterocycles. The van der Waals surface area contributed by atoms with Gasteiger partial charge in [0.25, 0.3) is 0 Å². The molecule has 39 heavy (non-hydrogen) atoms. The van der Waals surface area contributed by atoms with E-state index in [0.717, 1.165) is 21.7 Å². The van der Waals surface area contributed by atoms with Gasteiger partial charge in [0.15, 0.2) is 5.69 Å². The molecule has 3 aliphatic rings. The second kappa shape index (κ2) is 9.89. The molecule has 0 radical (unpaired) electrons. The van der Waals surface area contributed by atoms with Crippen molar-refractivity contribution in [1.82, 2.24) is 9.46 Å². The molecule has 5 rings (SSSR count). The van der Waals surface area contributed by atoms with E-state index in [1.165, 1.54) is 6.26 Å². The number of nitrogens with one attached hydrogen (secondary N) is 1. The Morgan fingerprint density at radius 2 is 1.90 bits per heavy atom. The zero-order valence-corrected chi connectivity index (χ0v) is 22.3. The lowest BCUT2D eigenvalue weighted by Crippen LogP contribution is -2.62. The Labute approximate surface area is 229 Å². The second-order valence-corrected chi connectivity index (χ2v) is 11.7. The zero-order valence-electron chi connectivity index (χ0n) is 20.8. The van der Waals surface area contributed by atoms with Crippen molar-refractivity contribution in [3.05, 3.63) is 93.4 Å². The van der Waals surface area contributed by atoms with E-state index in [0.29, 0.717) is 21.7 Å². The number of halogens is 1. The van der Waals surface area contributed by atoms with Crippen LogP contribution in [0.5, 0.6) is 0 Å². The topological polar surface area (TPSA) is 139 Å². The molecular weight excluding hydrogens is 546 g/mol. The number of aromatic nitrogens is 1. The third-order valence-corrected chi connectivity index (χ3v) is 8.20. The molecule has 0 saturated carbocycles. The predicted octanol–water partition coefficient (Wildman–Crippen LogP) is 4.07. The van der Waals surface area contributed by atoms with E-state index >= 15 is 0 Å². The van der Waals surface area contributed by atoms with E-state index in [-0.39, 0.29) is 24.5 Å². The Balaban J connectivity index is 1.25. The third-order valence-electron chi connectivity index (χ3n) is 6.66. The number of aliphatic carboxylic acids is 1. The van der Waals surface area contributed by atoms with Crippen molar-refractivity contribution in [2.24, 2.45) is 5.41 Å². The number of benzene rings is 1. The van der Waals surface area contributed by atoms with Crippen molar-refractivity contribution in [3.8, 4) is 11.8 Å². The monoisotopic (exact) mass is 567 g/mol. The fraction of sp³-hybridized carbons (Fsp3) is 0.222. The molecule has 1 aromatic heterocycles. The molecule has 10 nitrogen and oxygen atoms in total. The van der Waals surface area contributed by atoms with Gasteiger partial charge in [-0.1, -0.05) is 40.9 Å². The van der Waals surface area contributed by atoms with E-state index in [1.54, 1.807) is 55.5 Å². The van der Waals surface area contributed by atoms with Gasteiger partial charge in [0, 0.05) is 29.2 Å². The highest BCUT2D eigenvalue weighted by Gasteiger charge is 2.55. The number of allylic oxidation sites excluding steroid dienone is 7. The summed E-state index contributed by atoms with van der Waals surface area (Å²) in [6, 6.07) is 7.05. The molecule has 1 amide bonds. The summed E-state index contributed by atoms with van der Waals surface area (Å²) in [7, 11) is -3.46. The summed E-state index contributed by atoms with van der Waals surface area (Å²) in [5.41, 5.74) is 2.57. The fourth-order valence-electron chi connectivity index (χ4n) is 4.47. The second-order valence-electron chi connectivity index (χ2n) is 9.34. The number of nitrogens with zero attached hydrogens (tertiary/aromatic N) is 2. The van der Waals surface area contributed by atoms with Crippen molar-refractivity contribution < 1.29 is 32.4 Å². The predicted molar refractivity (Wildman–Crippen MR) is 142 cm³/mol. The van der Waals surface area contributed by atoms with Crippen LogP contribution in [0, 0.1) is 17.3 Å². The van der Waals surface area contributed by atoms with Gasteiger partial charge in [-0.2, -0.15) is 4.31 Å². The molecule has 2 heterocycles. The van der Waals surface area contributed by atoms with Gasteiger partial charge in [-0.15, -0.1) is 0 Å². The molecule has 2 aliphatic carbocycles. The van der Waals surface area contributed by atoms with Crippen LogP contribution in [-0.4, -0.2) is 54.4 Å². The number of carboxylic acids is 1. The van der Waals surface area contributed by atoms with Crippen molar-refractivity contribution in [2.75, 3.05) is 24.7 Å². The quantitative estimate of drug-likeness (QED) is 0.498. The lowest BCUT2D eigenvalue weighted by Gasteiger charge is -2.46. The maximum absolute atomic E-state index is 12.4. The standard InChI is InChI=1S/C27H22ClN3O7S/c1-16(21-5-3-4-6-22(21)28)38-26(34)29-24-13-37-30-23(24)8-7-17-9-18-11-20(12-19(18)10-17)27(25(32)33)14-31(15-27)39(2,35)36/h3-6,9-13,16H,14-15H2,1-2H3,(H,29,34)(H,32,33). The maximum Gasteiger partial charge on any atom is 0.412 e. The molecule has 1 atom stereocenters. The van der Waals surface area contributed by atoms with E-state index in [9.17, 15) is 23.1 Å². The first-order chi connectivity index (χ1) is 18.5. The number of amides is 1. The smallest absolute Gasteiger partial charge is 0.412 e. The molecule has 12 heteroatoms. The first-order valence-corrected chi connectivity index (χ1v) is 13.9. The van der Waals surface area contributed by atoms with Crippen LogP contribution in [0.3, 0.4) is 0 Å². The first-order valence-electron chi connectivity index (χ1n) is 11.7. The van der Waals surface area contributed by atoms with Gasteiger partial charge >= 0.3 is 12.1 Å². The van der Waals surface area contributed by atoms with Crippen molar-refractivity contribution in [1.29, 1.82) is 0 Å². The van der Waals surface area contributed by atoms with Crippen LogP contribution in [0.2, 0.25) is 5.02 Å². The van der Waals surface area contributed by atoms with Gasteiger partial charge in [-0.3, -0.25) is 10.1 Å². The summed E-state index contributed by atoms with van der Waals surface area (Å²) < 4.78 is 35.0. The largest absolute Gasteiger partial charge is 0.481 e. The van der Waals surface area contributed by atoms with Gasteiger partial charge in [-0.25, -0.2) is 13.2 Å². The van der Waals surface area contributed by atoms with Crippen molar-refractivity contribution in [3.63, 3.8) is 0 Å². The highest BCUT2D eigenvalue weighted by atomic mass is 35.5. The summed E-state index contributed by atoms with van der Waals surface area (Å²) in [6.45, 7) is 1.48. The van der Waals surface area contributed by atoms with Crippen molar-refractivity contribution in [2.45, 2.75) is 13.0 Å². The first kappa shape index (κ1) is 26.5. The number of ether oxygens (including phenoxy) is 1. The van der Waals surface area contributed by atoms with Gasteiger partial charge in [0.2, 0.25) is 10.0 Å². The van der Waals surface area contributed by atoms with Gasteiger partial charge < -0.3 is 14.4 Å². The van der Waals surface area contributed by atoms with Crippen LogP contribution >= 0.6 is 11.6 Å². The minimum atomic E-state index is -3.46. The number of carbonyl (C=O) groups is 2. The van der Waals surface area contributed by atoms with Gasteiger partial charge in [-0.05, 0) is 59.9 Å². The summed E-state index contributed by atoms with van der Waals surface area (Å²) in [6.07, 6.45) is 8.05. The Morgan fingerprint density at radius 3 is 2.56 bits per heavy atom. The lowest BCUT2D eigenvalue weighted by molar-refractivity contribution is -0.152. The van der Waals surface area contributed by atoms with Crippen LogP contribution in [0.15, 0.2) is 81.6 Å². The lowest BCUT2D eigenvalue weighted by atomic mass is 9.75. The molecular formula is C27H22ClN3O7S. The minimum absolute atomic E-state index is 0.109. The average Bonchev–Trinajstić information content (AvgIpc) is 3.51. The molecule has 0 bridgehead atoms. The molecule has 2 aromatic rings. The SMILES string of the molecule is CC(OC(=O)Nc1conc1C#CC1=CC2=CC(C3(C(=O)O)CN(S(C)(=O)=O)C3)=CC2=C1)c1ccccc1Cl. The zero-order chi connectivity index (χ0) is 27.9. The van der Waals surface area contributed by atoms with Gasteiger partial charge in [0.1, 0.15) is 23.5 Å². The summed E-state index contributed by atoms with van der Waals surface area (Å²) in [4.78, 5) is 24.4. The number of carboxylic acid groups (broad SMARTS) is 1. The summed E-state index contributed by atoms with van der Waals surface area (Å²) >= 11 is 6.16. The number of hydrogen-bond donors (Lipinski definition) is 2. The fourth-order valence-corrected chi connectivity index (χ4v) is 5.66. The van der Waals surface area contributed by atoms with E-state index in [1.807, 2.05) is 0 Å². The Morgan fingerprint density at radius 1 is 1.18 bits per heavy atom. The maximum atomic E-state index is 12.4. The Kier molecular flexibility index (Phi) is 6.72. The van der Waals surface area contributed by atoms with E-state index in [2.05, 4.69) is 22.3 Å². The highest BCUT2D eigenvalue weighted by Crippen LogP contribution is 2.45. The molecule has 0 spiro atoms. The molecule has 1 fully saturated rings. The summed E-state index contributed by atoms with van der Waals surface area (Å²) in [5.74, 6) is 4.75. The van der Waals surface area contributed by atoms with Crippen LogP contribution < -0.4 is 5.32 Å². The molecule has 1 aromatic carbocycles. The van der Waals surface area contributed by atoms with Crippen LogP contribution in [0.25, 0.3) is 0 Å². The molecule has 200 valence electrons. The Hall–Kier alpha value is -4.11. The number of hydrogen-bond acceptors (Lipinski definition) is 7. The molecule has 2 N–H and O–H groups in total. The van der Waals surface area contributed by atoms with Gasteiger partial charge in [0.05, 0.1) is 6.26 Å².